The molecule has 0 aliphatic carbocycles. The second-order valence-electron chi connectivity index (χ2n) is 4.06. The van der Waals surface area contributed by atoms with Gasteiger partial charge in [0.25, 0.3) is 0 Å². The highest BCUT2D eigenvalue weighted by molar-refractivity contribution is 6.30. The van der Waals surface area contributed by atoms with Gasteiger partial charge in [0.1, 0.15) is 11.6 Å². The van der Waals surface area contributed by atoms with Crippen LogP contribution in [0.4, 0.5) is 4.39 Å². The number of hydrogen-bond acceptors (Lipinski definition) is 2. The highest BCUT2D eigenvalue weighted by Crippen LogP contribution is 2.27. The zero-order chi connectivity index (χ0) is 14.5. The van der Waals surface area contributed by atoms with Gasteiger partial charge < -0.3 is 4.74 Å². The van der Waals surface area contributed by atoms with Crippen molar-refractivity contribution >= 4 is 23.3 Å². The van der Waals surface area contributed by atoms with Crippen molar-refractivity contribution in [3.05, 3.63) is 64.4 Å². The lowest BCUT2D eigenvalue weighted by atomic mass is 10.0. The molecule has 0 saturated heterocycles. The van der Waals surface area contributed by atoms with Gasteiger partial charge in [-0.25, -0.2) is 4.39 Å². The van der Waals surface area contributed by atoms with Crippen LogP contribution in [0.5, 0.6) is 5.75 Å². The van der Waals surface area contributed by atoms with Crippen LogP contribution in [-0.2, 0) is 0 Å². The molecular formula is C16H11ClFNO. The number of hydrogen-bond donors (Lipinski definition) is 0. The third-order valence-corrected chi connectivity index (χ3v) is 3.00. The van der Waals surface area contributed by atoms with Gasteiger partial charge in [0, 0.05) is 10.6 Å². The molecule has 2 aromatic carbocycles. The Morgan fingerprint density at radius 3 is 2.55 bits per heavy atom. The molecule has 0 aliphatic rings. The molecular weight excluding hydrogens is 277 g/mol. The second-order valence-corrected chi connectivity index (χ2v) is 4.50. The quantitative estimate of drug-likeness (QED) is 0.613. The van der Waals surface area contributed by atoms with Gasteiger partial charge >= 0.3 is 0 Å². The molecule has 0 atom stereocenters. The molecule has 0 unspecified atom stereocenters. The number of benzene rings is 2. The van der Waals surface area contributed by atoms with Crippen LogP contribution in [0.25, 0.3) is 11.6 Å². The van der Waals surface area contributed by atoms with E-state index in [1.54, 1.807) is 43.5 Å². The minimum Gasteiger partial charge on any atom is -0.496 e. The first kappa shape index (κ1) is 14.1. The molecule has 0 radical (unpaired) electrons. The fourth-order valence-corrected chi connectivity index (χ4v) is 1.96. The van der Waals surface area contributed by atoms with Gasteiger partial charge in [-0.3, -0.25) is 0 Å². The lowest BCUT2D eigenvalue weighted by molar-refractivity contribution is 0.414. The first-order valence-electron chi connectivity index (χ1n) is 5.85. The third kappa shape index (κ3) is 3.17. The SMILES string of the molecule is COc1ccc(Cl)cc1/C=C(\C#N)c1ccc(F)cc1. The minimum absolute atomic E-state index is 0.341. The highest BCUT2D eigenvalue weighted by Gasteiger charge is 2.06. The molecule has 2 aromatic rings. The largest absolute Gasteiger partial charge is 0.496 e. The number of rotatable bonds is 3. The Balaban J connectivity index is 2.49. The summed E-state index contributed by atoms with van der Waals surface area (Å²) in [6, 6.07) is 13.0. The van der Waals surface area contributed by atoms with Crippen molar-refractivity contribution in [2.45, 2.75) is 0 Å². The zero-order valence-electron chi connectivity index (χ0n) is 10.7. The van der Waals surface area contributed by atoms with E-state index in [4.69, 9.17) is 16.3 Å². The van der Waals surface area contributed by atoms with Gasteiger partial charge in [-0.2, -0.15) is 5.26 Å². The van der Waals surface area contributed by atoms with Gasteiger partial charge in [-0.05, 0) is 42.0 Å². The maximum Gasteiger partial charge on any atom is 0.126 e. The fourth-order valence-electron chi connectivity index (χ4n) is 1.78. The van der Waals surface area contributed by atoms with Gasteiger partial charge in [0.05, 0.1) is 18.8 Å². The summed E-state index contributed by atoms with van der Waals surface area (Å²) < 4.78 is 18.1. The summed E-state index contributed by atoms with van der Waals surface area (Å²) in [5.41, 5.74) is 1.74. The van der Waals surface area contributed by atoms with Gasteiger partial charge in [0.15, 0.2) is 0 Å². The van der Waals surface area contributed by atoms with Crippen LogP contribution in [0.15, 0.2) is 42.5 Å². The van der Waals surface area contributed by atoms with Crippen molar-refractivity contribution in [3.63, 3.8) is 0 Å². The minimum atomic E-state index is -0.341. The summed E-state index contributed by atoms with van der Waals surface area (Å²) in [5, 5.41) is 9.81. The summed E-state index contributed by atoms with van der Waals surface area (Å²) >= 11 is 5.95. The third-order valence-electron chi connectivity index (χ3n) is 2.77. The highest BCUT2D eigenvalue weighted by atomic mass is 35.5. The first-order chi connectivity index (χ1) is 9.63. The Morgan fingerprint density at radius 1 is 1.25 bits per heavy atom. The Labute approximate surface area is 121 Å². The van der Waals surface area contributed by atoms with Crippen molar-refractivity contribution in [3.8, 4) is 11.8 Å². The van der Waals surface area contributed by atoms with Crippen LogP contribution >= 0.6 is 11.6 Å². The van der Waals surface area contributed by atoms with E-state index in [0.29, 0.717) is 27.5 Å². The molecule has 0 fully saturated rings. The summed E-state index contributed by atoms with van der Waals surface area (Å²) in [6.07, 6.45) is 1.66. The molecule has 0 heterocycles. The van der Waals surface area contributed by atoms with E-state index < -0.39 is 0 Å². The van der Waals surface area contributed by atoms with Crippen LogP contribution in [-0.4, -0.2) is 7.11 Å². The standard InChI is InChI=1S/C16H11ClFNO/c1-20-16-7-4-14(17)9-12(16)8-13(10-19)11-2-5-15(18)6-3-11/h2-9H,1H3/b13-8+. The average molecular weight is 288 g/mol. The monoisotopic (exact) mass is 287 g/mol. The number of methoxy groups -OCH3 is 1. The topological polar surface area (TPSA) is 33.0 Å². The first-order valence-corrected chi connectivity index (χ1v) is 6.23. The molecule has 2 rings (SSSR count). The second kappa shape index (κ2) is 6.23. The number of allylic oxidation sites excluding steroid dienone is 1. The molecule has 4 heteroatoms. The maximum atomic E-state index is 12.9. The molecule has 0 aliphatic heterocycles. The van der Waals surface area contributed by atoms with E-state index in [1.165, 1.54) is 12.1 Å². The molecule has 20 heavy (non-hydrogen) atoms. The number of nitriles is 1. The van der Waals surface area contributed by atoms with Crippen LogP contribution < -0.4 is 4.74 Å². The predicted molar refractivity (Wildman–Crippen MR) is 77.9 cm³/mol. The Bertz CT molecular complexity index is 687. The van der Waals surface area contributed by atoms with Crippen molar-refractivity contribution in [2.24, 2.45) is 0 Å². The lowest BCUT2D eigenvalue weighted by Gasteiger charge is -2.06. The van der Waals surface area contributed by atoms with Crippen LogP contribution in [0.3, 0.4) is 0 Å². The number of halogens is 2. The summed E-state index contributed by atoms with van der Waals surface area (Å²) in [7, 11) is 1.55. The van der Waals surface area contributed by atoms with Crippen LogP contribution in [0, 0.1) is 17.1 Å². The molecule has 2 nitrogen and oxygen atoms in total. The smallest absolute Gasteiger partial charge is 0.126 e. The fraction of sp³-hybridized carbons (Fsp3) is 0.0625. The van der Waals surface area contributed by atoms with Crippen molar-refractivity contribution < 1.29 is 9.13 Å². The van der Waals surface area contributed by atoms with E-state index in [-0.39, 0.29) is 5.82 Å². The van der Waals surface area contributed by atoms with E-state index in [9.17, 15) is 9.65 Å². The van der Waals surface area contributed by atoms with Gasteiger partial charge in [0.2, 0.25) is 0 Å². The molecule has 0 bridgehead atoms. The summed E-state index contributed by atoms with van der Waals surface area (Å²) in [5.74, 6) is 0.274. The van der Waals surface area contributed by atoms with E-state index >= 15 is 0 Å². The van der Waals surface area contributed by atoms with E-state index in [1.807, 2.05) is 0 Å². The molecule has 100 valence electrons. The average Bonchev–Trinajstić information content (AvgIpc) is 2.46. The van der Waals surface area contributed by atoms with Crippen molar-refractivity contribution in [1.29, 1.82) is 5.26 Å². The lowest BCUT2D eigenvalue weighted by Crippen LogP contribution is -1.88. The maximum absolute atomic E-state index is 12.9. The Morgan fingerprint density at radius 2 is 1.95 bits per heavy atom. The molecule has 0 saturated carbocycles. The number of ether oxygens (including phenoxy) is 1. The van der Waals surface area contributed by atoms with Gasteiger partial charge in [-0.1, -0.05) is 23.7 Å². The number of nitrogens with zero attached hydrogens (tertiary/aromatic N) is 1. The summed E-state index contributed by atoms with van der Waals surface area (Å²) in [6.45, 7) is 0. The molecule has 0 N–H and O–H groups in total. The van der Waals surface area contributed by atoms with Crippen LogP contribution in [0.2, 0.25) is 5.02 Å². The zero-order valence-corrected chi connectivity index (χ0v) is 11.5. The normalized spacial score (nSPS) is 11.0. The molecule has 0 aromatic heterocycles. The van der Waals surface area contributed by atoms with Crippen molar-refractivity contribution in [2.75, 3.05) is 7.11 Å². The Kier molecular flexibility index (Phi) is 4.39. The van der Waals surface area contributed by atoms with E-state index in [0.717, 1.165) is 0 Å². The Hall–Kier alpha value is -2.31. The van der Waals surface area contributed by atoms with E-state index in [2.05, 4.69) is 6.07 Å². The van der Waals surface area contributed by atoms with Crippen molar-refractivity contribution in [1.82, 2.24) is 0 Å². The molecule has 0 spiro atoms. The van der Waals surface area contributed by atoms with Crippen LogP contribution in [0.1, 0.15) is 11.1 Å². The molecule has 0 amide bonds. The predicted octanol–water partition coefficient (Wildman–Crippen LogP) is 4.55. The van der Waals surface area contributed by atoms with Gasteiger partial charge in [-0.15, -0.1) is 0 Å². The summed E-state index contributed by atoms with van der Waals surface area (Å²) in [4.78, 5) is 0.